The summed E-state index contributed by atoms with van der Waals surface area (Å²) >= 11 is 1.10. The Labute approximate surface area is 79.6 Å². The van der Waals surface area contributed by atoms with Crippen LogP contribution in [0.2, 0.25) is 0 Å². The molecule has 1 atom stereocenters. The van der Waals surface area contributed by atoms with Gasteiger partial charge in [-0.2, -0.15) is 9.64 Å². The Bertz CT molecular complexity index is 354. The van der Waals surface area contributed by atoms with Crippen molar-refractivity contribution in [3.63, 3.8) is 0 Å². The van der Waals surface area contributed by atoms with E-state index in [4.69, 9.17) is 5.26 Å². The van der Waals surface area contributed by atoms with E-state index in [1.807, 2.05) is 6.07 Å². The Morgan fingerprint density at radius 2 is 2.46 bits per heavy atom. The molecule has 13 heavy (non-hydrogen) atoms. The number of anilines is 1. The van der Waals surface area contributed by atoms with E-state index in [9.17, 15) is 4.79 Å². The lowest BCUT2D eigenvalue weighted by Crippen LogP contribution is -2.18. The number of carbonyl (C=O) groups excluding carboxylic acids is 1. The van der Waals surface area contributed by atoms with Crippen molar-refractivity contribution in [2.45, 2.75) is 13.8 Å². The van der Waals surface area contributed by atoms with Gasteiger partial charge in [0.15, 0.2) is 0 Å². The number of aryl methyl sites for hydroxylation is 1. The summed E-state index contributed by atoms with van der Waals surface area (Å²) in [4.78, 5) is 15.1. The summed E-state index contributed by atoms with van der Waals surface area (Å²) in [6, 6.07) is 1.84. The number of hydrogen-bond donors (Lipinski definition) is 1. The van der Waals surface area contributed by atoms with Gasteiger partial charge in [0, 0.05) is 11.5 Å². The van der Waals surface area contributed by atoms with Gasteiger partial charge >= 0.3 is 0 Å². The fourth-order valence-electron chi connectivity index (χ4n) is 0.620. The number of nitriles is 1. The average Bonchev–Trinajstić information content (AvgIpc) is 2.49. The Hall–Kier alpha value is -1.48. The molecule has 0 radical (unpaired) electrons. The van der Waals surface area contributed by atoms with Crippen molar-refractivity contribution in [1.82, 2.24) is 9.36 Å². The van der Waals surface area contributed by atoms with Crippen LogP contribution in [0, 0.1) is 24.2 Å². The summed E-state index contributed by atoms with van der Waals surface area (Å²) in [7, 11) is 0. The first kappa shape index (κ1) is 9.61. The van der Waals surface area contributed by atoms with E-state index in [1.54, 1.807) is 6.92 Å². The molecule has 1 rings (SSSR count). The monoisotopic (exact) mass is 196 g/mol. The van der Waals surface area contributed by atoms with E-state index in [1.165, 1.54) is 6.92 Å². The number of aromatic nitrogens is 2. The summed E-state index contributed by atoms with van der Waals surface area (Å²) < 4.78 is 3.89. The highest BCUT2D eigenvalue weighted by Gasteiger charge is 2.13. The van der Waals surface area contributed by atoms with Crippen LogP contribution in [0.3, 0.4) is 0 Å². The Morgan fingerprint density at radius 3 is 2.92 bits per heavy atom. The van der Waals surface area contributed by atoms with Gasteiger partial charge in [-0.25, -0.2) is 4.98 Å². The third kappa shape index (κ3) is 2.49. The zero-order chi connectivity index (χ0) is 9.84. The van der Waals surface area contributed by atoms with Gasteiger partial charge in [0.05, 0.1) is 6.07 Å². The van der Waals surface area contributed by atoms with Crippen LogP contribution in [0.5, 0.6) is 0 Å². The lowest BCUT2D eigenvalue weighted by atomic mass is 10.2. The molecule has 1 unspecified atom stereocenters. The fraction of sp³-hybridized carbons (Fsp3) is 0.429. The van der Waals surface area contributed by atoms with Crippen LogP contribution < -0.4 is 5.32 Å². The normalized spacial score (nSPS) is 11.8. The topological polar surface area (TPSA) is 78.7 Å². The van der Waals surface area contributed by atoms with Gasteiger partial charge in [-0.05, 0) is 13.8 Å². The second-order valence-electron chi connectivity index (χ2n) is 2.49. The van der Waals surface area contributed by atoms with Crippen LogP contribution in [0.1, 0.15) is 12.7 Å². The van der Waals surface area contributed by atoms with E-state index in [0.29, 0.717) is 11.0 Å². The maximum Gasteiger partial charge on any atom is 0.243 e. The minimum atomic E-state index is -0.663. The van der Waals surface area contributed by atoms with Crippen molar-refractivity contribution < 1.29 is 4.79 Å². The van der Waals surface area contributed by atoms with E-state index in [0.717, 1.165) is 11.5 Å². The quantitative estimate of drug-likeness (QED) is 0.763. The molecule has 0 aliphatic carbocycles. The highest BCUT2D eigenvalue weighted by Crippen LogP contribution is 2.11. The molecular weight excluding hydrogens is 188 g/mol. The number of carbonyl (C=O) groups is 1. The van der Waals surface area contributed by atoms with Gasteiger partial charge in [-0.3, -0.25) is 10.1 Å². The van der Waals surface area contributed by atoms with Crippen molar-refractivity contribution in [3.8, 4) is 6.07 Å². The second kappa shape index (κ2) is 3.96. The number of nitrogens with one attached hydrogen (secondary N) is 1. The molecule has 1 N–H and O–H groups in total. The van der Waals surface area contributed by atoms with E-state index < -0.39 is 5.92 Å². The molecule has 0 spiro atoms. The molecule has 6 heteroatoms. The zero-order valence-corrected chi connectivity index (χ0v) is 8.05. The van der Waals surface area contributed by atoms with Crippen molar-refractivity contribution in [2.75, 3.05) is 5.32 Å². The van der Waals surface area contributed by atoms with Gasteiger partial charge in [0.25, 0.3) is 0 Å². The number of amides is 1. The maximum atomic E-state index is 11.2. The number of hydrogen-bond acceptors (Lipinski definition) is 5. The zero-order valence-electron chi connectivity index (χ0n) is 7.24. The molecule has 68 valence electrons. The fourth-order valence-corrected chi connectivity index (χ4v) is 1.20. The molecule has 0 aliphatic heterocycles. The van der Waals surface area contributed by atoms with Crippen molar-refractivity contribution in [3.05, 3.63) is 5.82 Å². The minimum Gasteiger partial charge on any atom is -0.300 e. The summed E-state index contributed by atoms with van der Waals surface area (Å²) in [6.45, 7) is 3.27. The average molecular weight is 196 g/mol. The molecule has 0 saturated heterocycles. The second-order valence-corrected chi connectivity index (χ2v) is 3.24. The van der Waals surface area contributed by atoms with E-state index in [-0.39, 0.29) is 5.91 Å². The highest BCUT2D eigenvalue weighted by atomic mass is 32.1. The van der Waals surface area contributed by atoms with Crippen LogP contribution in [0.4, 0.5) is 5.13 Å². The Morgan fingerprint density at radius 1 is 1.77 bits per heavy atom. The summed E-state index contributed by atoms with van der Waals surface area (Å²) in [6.07, 6.45) is 0. The molecule has 0 aliphatic rings. The number of rotatable bonds is 2. The molecule has 1 aromatic heterocycles. The number of nitrogens with zero attached hydrogens (tertiary/aromatic N) is 3. The van der Waals surface area contributed by atoms with E-state index >= 15 is 0 Å². The van der Waals surface area contributed by atoms with Gasteiger partial charge in [-0.1, -0.05) is 0 Å². The van der Waals surface area contributed by atoms with Gasteiger partial charge in [0.1, 0.15) is 11.7 Å². The highest BCUT2D eigenvalue weighted by molar-refractivity contribution is 7.09. The van der Waals surface area contributed by atoms with Crippen molar-refractivity contribution >= 4 is 22.6 Å². The first-order valence-electron chi connectivity index (χ1n) is 3.64. The Kier molecular flexibility index (Phi) is 2.93. The molecule has 1 amide bonds. The van der Waals surface area contributed by atoms with Crippen LogP contribution in [-0.4, -0.2) is 15.3 Å². The van der Waals surface area contributed by atoms with Gasteiger partial charge in [0.2, 0.25) is 11.0 Å². The molecule has 0 bridgehead atoms. The molecule has 1 heterocycles. The first-order chi connectivity index (χ1) is 6.13. The van der Waals surface area contributed by atoms with Gasteiger partial charge in [-0.15, -0.1) is 0 Å². The van der Waals surface area contributed by atoms with Crippen LogP contribution in [-0.2, 0) is 4.79 Å². The molecule has 0 fully saturated rings. The van der Waals surface area contributed by atoms with Crippen LogP contribution >= 0.6 is 11.5 Å². The summed E-state index contributed by atoms with van der Waals surface area (Å²) in [5, 5.41) is 11.4. The summed E-state index contributed by atoms with van der Waals surface area (Å²) in [5.74, 6) is -0.396. The van der Waals surface area contributed by atoms with E-state index in [2.05, 4.69) is 14.7 Å². The third-order valence-electron chi connectivity index (χ3n) is 1.34. The van der Waals surface area contributed by atoms with Crippen molar-refractivity contribution in [2.24, 2.45) is 5.92 Å². The third-order valence-corrected chi connectivity index (χ3v) is 2.07. The summed E-state index contributed by atoms with van der Waals surface area (Å²) in [5.41, 5.74) is 0. The largest absolute Gasteiger partial charge is 0.300 e. The van der Waals surface area contributed by atoms with Gasteiger partial charge < -0.3 is 0 Å². The predicted molar refractivity (Wildman–Crippen MR) is 48.1 cm³/mol. The lowest BCUT2D eigenvalue weighted by molar-refractivity contribution is -0.117. The maximum absolute atomic E-state index is 11.2. The minimum absolute atomic E-state index is 0.348. The first-order valence-corrected chi connectivity index (χ1v) is 4.41. The standard InChI is InChI=1S/C7H8N4OS/c1-4(3-8)6(12)10-7-9-5(2)11-13-7/h4H,1-2H3,(H,9,10,11,12). The molecule has 1 aromatic rings. The molecule has 5 nitrogen and oxygen atoms in total. The molecular formula is C7H8N4OS. The van der Waals surface area contributed by atoms with Crippen molar-refractivity contribution in [1.29, 1.82) is 5.26 Å². The lowest BCUT2D eigenvalue weighted by Gasteiger charge is -2.00. The SMILES string of the molecule is Cc1nsc(NC(=O)C(C)C#N)n1. The smallest absolute Gasteiger partial charge is 0.243 e. The molecule has 0 aromatic carbocycles. The van der Waals surface area contributed by atoms with Crippen LogP contribution in [0.15, 0.2) is 0 Å². The molecule has 0 saturated carbocycles. The van der Waals surface area contributed by atoms with Crippen LogP contribution in [0.25, 0.3) is 0 Å². The predicted octanol–water partition coefficient (Wildman–Crippen LogP) is 0.945. The Balaban J connectivity index is 2.61.